The number of alkyl halides is 2. The molecule has 0 unspecified atom stereocenters. The Bertz CT molecular complexity index is 302. The highest BCUT2D eigenvalue weighted by Gasteiger charge is 2.14. The Hall–Kier alpha value is -0.490. The molecule has 0 saturated carbocycles. The maximum Gasteiger partial charge on any atom is 0.315 e. The zero-order valence-electron chi connectivity index (χ0n) is 6.39. The number of amides is 1. The highest BCUT2D eigenvalue weighted by atomic mass is 79.9. The fourth-order valence-electron chi connectivity index (χ4n) is 0.698. The summed E-state index contributed by atoms with van der Waals surface area (Å²) in [5, 5.41) is 2.11. The van der Waals surface area contributed by atoms with Crippen molar-refractivity contribution in [3.8, 4) is 0 Å². The fraction of sp³-hybridized carbons (Fsp3) is 0.286. The maximum absolute atomic E-state index is 11.7. The van der Waals surface area contributed by atoms with Crippen molar-refractivity contribution in [1.29, 1.82) is 0 Å². The first-order valence-electron chi connectivity index (χ1n) is 3.39. The summed E-state index contributed by atoms with van der Waals surface area (Å²) in [6.07, 6.45) is -2.94. The molecule has 13 heavy (non-hydrogen) atoms. The van der Waals surface area contributed by atoms with Crippen molar-refractivity contribution in [1.82, 2.24) is 5.32 Å². The average molecular weight is 270 g/mol. The second kappa shape index (κ2) is 4.66. The van der Waals surface area contributed by atoms with Crippen molar-refractivity contribution in [2.45, 2.75) is 13.0 Å². The minimum Gasteiger partial charge on any atom is -0.346 e. The van der Waals surface area contributed by atoms with Gasteiger partial charge in [0.1, 0.15) is 0 Å². The second-order valence-electron chi connectivity index (χ2n) is 2.22. The molecule has 1 aromatic rings. The lowest BCUT2D eigenvalue weighted by Crippen LogP contribution is -2.28. The van der Waals surface area contributed by atoms with Crippen LogP contribution in [0.5, 0.6) is 0 Å². The molecule has 1 aromatic heterocycles. The predicted molar refractivity (Wildman–Crippen MR) is 49.9 cm³/mol. The summed E-state index contributed by atoms with van der Waals surface area (Å²) in [7, 11) is 0. The first kappa shape index (κ1) is 10.6. The quantitative estimate of drug-likeness (QED) is 0.897. The molecule has 0 fully saturated rings. The third kappa shape index (κ3) is 3.40. The smallest absolute Gasteiger partial charge is 0.315 e. The fourth-order valence-corrected chi connectivity index (χ4v) is 2.12. The number of rotatable bonds is 3. The molecule has 0 radical (unpaired) electrons. The summed E-state index contributed by atoms with van der Waals surface area (Å²) in [5.41, 5.74) is 0. The van der Waals surface area contributed by atoms with E-state index >= 15 is 0 Å². The summed E-state index contributed by atoms with van der Waals surface area (Å²) in [6, 6.07) is 3.56. The van der Waals surface area contributed by atoms with E-state index in [9.17, 15) is 13.6 Å². The van der Waals surface area contributed by atoms with Gasteiger partial charge in [-0.05, 0) is 28.1 Å². The van der Waals surface area contributed by atoms with Crippen molar-refractivity contribution in [3.63, 3.8) is 0 Å². The lowest BCUT2D eigenvalue weighted by molar-refractivity contribution is -0.131. The average Bonchev–Trinajstić information content (AvgIpc) is 2.47. The van der Waals surface area contributed by atoms with Crippen LogP contribution >= 0.6 is 27.3 Å². The number of carbonyl (C=O) groups excluding carboxylic acids is 1. The topological polar surface area (TPSA) is 29.1 Å². The van der Waals surface area contributed by atoms with E-state index < -0.39 is 12.3 Å². The standard InChI is InChI=1S/C7H6BrF2NOS/c8-5-2-1-4(13-5)3-11-7(12)6(9)10/h1-2,6H,3H2,(H,11,12). The summed E-state index contributed by atoms with van der Waals surface area (Å²) in [4.78, 5) is 11.3. The molecule has 0 saturated heterocycles. The molecular formula is C7H6BrF2NOS. The highest BCUT2D eigenvalue weighted by Crippen LogP contribution is 2.21. The van der Waals surface area contributed by atoms with Crippen molar-refractivity contribution >= 4 is 33.2 Å². The number of thiophene rings is 1. The normalized spacial score (nSPS) is 10.5. The van der Waals surface area contributed by atoms with Crippen LogP contribution in [0.3, 0.4) is 0 Å². The van der Waals surface area contributed by atoms with Gasteiger partial charge < -0.3 is 5.32 Å². The van der Waals surface area contributed by atoms with Gasteiger partial charge in [-0.1, -0.05) is 0 Å². The summed E-state index contributed by atoms with van der Waals surface area (Å²) < 4.78 is 24.3. The molecule has 0 aliphatic carbocycles. The highest BCUT2D eigenvalue weighted by molar-refractivity contribution is 9.11. The van der Waals surface area contributed by atoms with E-state index in [0.29, 0.717) is 0 Å². The van der Waals surface area contributed by atoms with Crippen LogP contribution in [0.2, 0.25) is 0 Å². The molecule has 0 aromatic carbocycles. The lowest BCUT2D eigenvalue weighted by Gasteiger charge is -2.00. The predicted octanol–water partition coefficient (Wildman–Crippen LogP) is 2.39. The van der Waals surface area contributed by atoms with Crippen LogP contribution in [0.4, 0.5) is 8.78 Å². The molecule has 0 aliphatic rings. The minimum atomic E-state index is -2.94. The van der Waals surface area contributed by atoms with E-state index in [4.69, 9.17) is 0 Å². The van der Waals surface area contributed by atoms with Crippen LogP contribution in [0.1, 0.15) is 4.88 Å². The number of halogens is 3. The second-order valence-corrected chi connectivity index (χ2v) is 4.77. The third-order valence-electron chi connectivity index (χ3n) is 1.26. The molecule has 1 amide bonds. The van der Waals surface area contributed by atoms with Crippen LogP contribution in [0.15, 0.2) is 15.9 Å². The van der Waals surface area contributed by atoms with Crippen LogP contribution in [0, 0.1) is 0 Å². The van der Waals surface area contributed by atoms with Crippen molar-refractivity contribution in [2.24, 2.45) is 0 Å². The summed E-state index contributed by atoms with van der Waals surface area (Å²) in [5.74, 6) is -1.23. The first-order valence-corrected chi connectivity index (χ1v) is 5.00. The minimum absolute atomic E-state index is 0.152. The van der Waals surface area contributed by atoms with Gasteiger partial charge in [0.05, 0.1) is 10.3 Å². The number of nitrogens with one attached hydrogen (secondary N) is 1. The van der Waals surface area contributed by atoms with Gasteiger partial charge in [-0.25, -0.2) is 0 Å². The first-order chi connectivity index (χ1) is 6.09. The molecule has 0 spiro atoms. The van der Waals surface area contributed by atoms with Gasteiger partial charge in [-0.15, -0.1) is 11.3 Å². The Morgan fingerprint density at radius 3 is 2.77 bits per heavy atom. The Morgan fingerprint density at radius 2 is 2.31 bits per heavy atom. The molecule has 2 nitrogen and oxygen atoms in total. The van der Waals surface area contributed by atoms with Crippen molar-refractivity contribution in [3.05, 3.63) is 20.8 Å². The molecule has 0 aliphatic heterocycles. The molecule has 72 valence electrons. The molecular weight excluding hydrogens is 264 g/mol. The Labute approximate surface area is 86.1 Å². The van der Waals surface area contributed by atoms with Gasteiger partial charge in [0.25, 0.3) is 5.91 Å². The molecule has 1 rings (SSSR count). The van der Waals surface area contributed by atoms with Crippen LogP contribution in [-0.2, 0) is 11.3 Å². The van der Waals surface area contributed by atoms with E-state index in [1.165, 1.54) is 11.3 Å². The van der Waals surface area contributed by atoms with Gasteiger partial charge in [0, 0.05) is 4.88 Å². The summed E-state index contributed by atoms with van der Waals surface area (Å²) in [6.45, 7) is 0.152. The van der Waals surface area contributed by atoms with Gasteiger partial charge in [0.2, 0.25) is 0 Å². The van der Waals surface area contributed by atoms with E-state index in [2.05, 4.69) is 21.2 Å². The van der Waals surface area contributed by atoms with Crippen LogP contribution in [0.25, 0.3) is 0 Å². The van der Waals surface area contributed by atoms with E-state index in [0.717, 1.165) is 8.66 Å². The third-order valence-corrected chi connectivity index (χ3v) is 2.89. The molecule has 1 heterocycles. The number of hydrogen-bond donors (Lipinski definition) is 1. The molecule has 0 bridgehead atoms. The molecule has 1 N–H and O–H groups in total. The van der Waals surface area contributed by atoms with Crippen LogP contribution < -0.4 is 5.32 Å². The van der Waals surface area contributed by atoms with Gasteiger partial charge in [-0.2, -0.15) is 8.78 Å². The molecule has 6 heteroatoms. The van der Waals surface area contributed by atoms with E-state index in [-0.39, 0.29) is 6.54 Å². The number of carbonyl (C=O) groups is 1. The van der Waals surface area contributed by atoms with Crippen molar-refractivity contribution < 1.29 is 13.6 Å². The maximum atomic E-state index is 11.7. The number of hydrogen-bond acceptors (Lipinski definition) is 2. The zero-order chi connectivity index (χ0) is 9.84. The van der Waals surface area contributed by atoms with Gasteiger partial charge >= 0.3 is 6.43 Å². The largest absolute Gasteiger partial charge is 0.346 e. The Morgan fingerprint density at radius 1 is 1.62 bits per heavy atom. The van der Waals surface area contributed by atoms with Crippen molar-refractivity contribution in [2.75, 3.05) is 0 Å². The summed E-state index contributed by atoms with van der Waals surface area (Å²) >= 11 is 4.62. The monoisotopic (exact) mass is 269 g/mol. The SMILES string of the molecule is O=C(NCc1ccc(Br)s1)C(F)F. The zero-order valence-corrected chi connectivity index (χ0v) is 8.79. The van der Waals surface area contributed by atoms with E-state index in [1.807, 2.05) is 0 Å². The lowest BCUT2D eigenvalue weighted by atomic mass is 10.4. The molecule has 0 atom stereocenters. The Balaban J connectivity index is 2.39. The van der Waals surface area contributed by atoms with Gasteiger partial charge in [0.15, 0.2) is 0 Å². The van der Waals surface area contributed by atoms with Crippen LogP contribution in [-0.4, -0.2) is 12.3 Å². The Kier molecular flexibility index (Phi) is 3.80. The van der Waals surface area contributed by atoms with Gasteiger partial charge in [-0.3, -0.25) is 4.79 Å². The van der Waals surface area contributed by atoms with E-state index in [1.54, 1.807) is 12.1 Å².